The molecule has 4 rings (SSSR count). The van der Waals surface area contributed by atoms with E-state index < -0.39 is 0 Å². The van der Waals surface area contributed by atoms with Crippen LogP contribution in [0.5, 0.6) is 0 Å². The third-order valence-electron chi connectivity index (χ3n) is 3.83. The molecule has 110 valence electrons. The quantitative estimate of drug-likeness (QED) is 0.540. The molecular formula is C20H15N3. The molecule has 0 atom stereocenters. The van der Waals surface area contributed by atoms with Crippen LogP contribution in [0.3, 0.4) is 0 Å². The fourth-order valence-corrected chi connectivity index (χ4v) is 2.75. The van der Waals surface area contributed by atoms with Gasteiger partial charge in [0.15, 0.2) is 0 Å². The van der Waals surface area contributed by atoms with E-state index in [0.29, 0.717) is 0 Å². The molecule has 0 saturated heterocycles. The van der Waals surface area contributed by atoms with Crippen molar-refractivity contribution in [3.05, 3.63) is 78.8 Å². The summed E-state index contributed by atoms with van der Waals surface area (Å²) >= 11 is 0. The number of fused-ring (bicyclic) bond motifs is 1. The van der Waals surface area contributed by atoms with Crippen molar-refractivity contribution < 1.29 is 0 Å². The largest absolute Gasteiger partial charge is 0.256 e. The minimum absolute atomic E-state index is 0.785. The van der Waals surface area contributed by atoms with Crippen molar-refractivity contribution in [1.82, 2.24) is 15.0 Å². The highest BCUT2D eigenvalue weighted by molar-refractivity contribution is 5.92. The van der Waals surface area contributed by atoms with E-state index in [-0.39, 0.29) is 0 Å². The molecular weight excluding hydrogens is 282 g/mol. The Kier molecular flexibility index (Phi) is 3.31. The summed E-state index contributed by atoms with van der Waals surface area (Å²) in [5.41, 5.74) is 5.11. The zero-order chi connectivity index (χ0) is 15.6. The first-order valence-corrected chi connectivity index (χ1v) is 7.56. The molecule has 0 unspecified atom stereocenters. The van der Waals surface area contributed by atoms with E-state index in [0.717, 1.165) is 39.2 Å². The molecule has 23 heavy (non-hydrogen) atoms. The first-order valence-electron chi connectivity index (χ1n) is 7.56. The molecule has 0 N–H and O–H groups in total. The van der Waals surface area contributed by atoms with Crippen molar-refractivity contribution in [1.29, 1.82) is 0 Å². The van der Waals surface area contributed by atoms with Crippen LogP contribution in [0.2, 0.25) is 0 Å². The lowest BCUT2D eigenvalue weighted by atomic mass is 10.0. The first-order chi connectivity index (χ1) is 11.3. The van der Waals surface area contributed by atoms with Crippen LogP contribution in [-0.2, 0) is 0 Å². The molecule has 0 aliphatic carbocycles. The maximum atomic E-state index is 4.65. The molecule has 0 bridgehead atoms. The summed E-state index contributed by atoms with van der Waals surface area (Å²) in [7, 11) is 0. The van der Waals surface area contributed by atoms with Gasteiger partial charge in [0, 0.05) is 22.7 Å². The standard InChI is InChI=1S/C20H15N3/c1-14-22-19-8-3-2-6-17(19)20(23-14)16-11-9-15(10-12-16)18-7-4-5-13-21-18/h2-13H,1H3. The molecule has 0 radical (unpaired) electrons. The van der Waals surface area contributed by atoms with Gasteiger partial charge in [-0.05, 0) is 25.1 Å². The number of nitrogens with zero attached hydrogens (tertiary/aromatic N) is 3. The smallest absolute Gasteiger partial charge is 0.126 e. The van der Waals surface area contributed by atoms with Crippen LogP contribution in [0.25, 0.3) is 33.4 Å². The molecule has 0 amide bonds. The second-order valence-corrected chi connectivity index (χ2v) is 5.43. The number of benzene rings is 2. The topological polar surface area (TPSA) is 38.7 Å². The van der Waals surface area contributed by atoms with Gasteiger partial charge in [0.2, 0.25) is 0 Å². The SMILES string of the molecule is Cc1nc(-c2ccc(-c3ccccn3)cc2)c2ccccc2n1. The Bertz CT molecular complexity index is 961. The second kappa shape index (κ2) is 5.61. The Morgan fingerprint density at radius 3 is 2.22 bits per heavy atom. The van der Waals surface area contributed by atoms with Gasteiger partial charge in [-0.25, -0.2) is 9.97 Å². The number of pyridine rings is 1. The van der Waals surface area contributed by atoms with Crippen LogP contribution in [0, 0.1) is 6.92 Å². The number of hydrogen-bond donors (Lipinski definition) is 0. The monoisotopic (exact) mass is 297 g/mol. The Morgan fingerprint density at radius 1 is 0.696 bits per heavy atom. The fraction of sp³-hybridized carbons (Fsp3) is 0.0500. The van der Waals surface area contributed by atoms with Gasteiger partial charge in [-0.15, -0.1) is 0 Å². The summed E-state index contributed by atoms with van der Waals surface area (Å²) < 4.78 is 0. The molecule has 2 aromatic carbocycles. The number of aryl methyl sites for hydroxylation is 1. The molecule has 0 aliphatic rings. The Hall–Kier alpha value is -3.07. The summed E-state index contributed by atoms with van der Waals surface area (Å²) in [6.45, 7) is 1.93. The van der Waals surface area contributed by atoms with Gasteiger partial charge in [0.25, 0.3) is 0 Å². The predicted octanol–water partition coefficient (Wildman–Crippen LogP) is 4.67. The van der Waals surface area contributed by atoms with Gasteiger partial charge in [-0.1, -0.05) is 48.5 Å². The van der Waals surface area contributed by atoms with Crippen molar-refractivity contribution in [2.24, 2.45) is 0 Å². The number of para-hydroxylation sites is 1. The minimum atomic E-state index is 0.785. The lowest BCUT2D eigenvalue weighted by molar-refractivity contribution is 1.10. The molecule has 0 saturated carbocycles. The third kappa shape index (κ3) is 2.57. The van der Waals surface area contributed by atoms with Gasteiger partial charge < -0.3 is 0 Å². The summed E-state index contributed by atoms with van der Waals surface area (Å²) in [5, 5.41) is 1.07. The summed E-state index contributed by atoms with van der Waals surface area (Å²) in [6.07, 6.45) is 1.81. The van der Waals surface area contributed by atoms with E-state index in [4.69, 9.17) is 0 Å². The van der Waals surface area contributed by atoms with Crippen LogP contribution in [-0.4, -0.2) is 15.0 Å². The van der Waals surface area contributed by atoms with Crippen molar-refractivity contribution in [3.8, 4) is 22.5 Å². The Labute approximate surface area is 134 Å². The number of aromatic nitrogens is 3. The molecule has 3 heteroatoms. The van der Waals surface area contributed by atoms with Crippen LogP contribution in [0.4, 0.5) is 0 Å². The molecule has 2 heterocycles. The molecule has 4 aromatic rings. The molecule has 0 spiro atoms. The van der Waals surface area contributed by atoms with Gasteiger partial charge in [-0.3, -0.25) is 4.98 Å². The minimum Gasteiger partial charge on any atom is -0.256 e. The zero-order valence-electron chi connectivity index (χ0n) is 12.8. The fourth-order valence-electron chi connectivity index (χ4n) is 2.75. The molecule has 0 fully saturated rings. The van der Waals surface area contributed by atoms with Gasteiger partial charge >= 0.3 is 0 Å². The van der Waals surface area contributed by atoms with Crippen molar-refractivity contribution in [2.75, 3.05) is 0 Å². The van der Waals surface area contributed by atoms with Crippen LogP contribution >= 0.6 is 0 Å². The van der Waals surface area contributed by atoms with E-state index in [1.807, 2.05) is 49.5 Å². The first kappa shape index (κ1) is 13.6. The highest BCUT2D eigenvalue weighted by Gasteiger charge is 2.08. The maximum absolute atomic E-state index is 4.65. The summed E-state index contributed by atoms with van der Waals surface area (Å²) in [6, 6.07) is 22.4. The maximum Gasteiger partial charge on any atom is 0.126 e. The summed E-state index contributed by atoms with van der Waals surface area (Å²) in [4.78, 5) is 13.5. The van der Waals surface area contributed by atoms with Gasteiger partial charge in [-0.2, -0.15) is 0 Å². The van der Waals surface area contributed by atoms with E-state index in [1.165, 1.54) is 0 Å². The third-order valence-corrected chi connectivity index (χ3v) is 3.83. The van der Waals surface area contributed by atoms with Crippen molar-refractivity contribution in [2.45, 2.75) is 6.92 Å². The molecule has 0 aliphatic heterocycles. The molecule has 2 aromatic heterocycles. The summed E-state index contributed by atoms with van der Waals surface area (Å²) in [5.74, 6) is 0.785. The van der Waals surface area contributed by atoms with Crippen LogP contribution < -0.4 is 0 Å². The number of rotatable bonds is 2. The Balaban J connectivity index is 1.83. The highest BCUT2D eigenvalue weighted by atomic mass is 14.9. The molecule has 3 nitrogen and oxygen atoms in total. The van der Waals surface area contributed by atoms with E-state index in [9.17, 15) is 0 Å². The van der Waals surface area contributed by atoms with Gasteiger partial charge in [0.05, 0.1) is 16.9 Å². The lowest BCUT2D eigenvalue weighted by Gasteiger charge is -2.08. The Morgan fingerprint density at radius 2 is 1.43 bits per heavy atom. The van der Waals surface area contributed by atoms with Crippen molar-refractivity contribution >= 4 is 10.9 Å². The highest BCUT2D eigenvalue weighted by Crippen LogP contribution is 2.27. The second-order valence-electron chi connectivity index (χ2n) is 5.43. The normalized spacial score (nSPS) is 10.8. The van der Waals surface area contributed by atoms with E-state index in [2.05, 4.69) is 45.3 Å². The average molecular weight is 297 g/mol. The van der Waals surface area contributed by atoms with Gasteiger partial charge in [0.1, 0.15) is 5.82 Å². The van der Waals surface area contributed by atoms with Crippen LogP contribution in [0.1, 0.15) is 5.82 Å². The van der Waals surface area contributed by atoms with Crippen LogP contribution in [0.15, 0.2) is 72.9 Å². The average Bonchev–Trinajstić information content (AvgIpc) is 2.62. The predicted molar refractivity (Wildman–Crippen MR) is 92.9 cm³/mol. The lowest BCUT2D eigenvalue weighted by Crippen LogP contribution is -1.94. The van der Waals surface area contributed by atoms with Crippen molar-refractivity contribution in [3.63, 3.8) is 0 Å². The van der Waals surface area contributed by atoms with E-state index in [1.54, 1.807) is 0 Å². The number of hydrogen-bond acceptors (Lipinski definition) is 3. The zero-order valence-corrected chi connectivity index (χ0v) is 12.8. The van der Waals surface area contributed by atoms with E-state index >= 15 is 0 Å².